The minimum absolute atomic E-state index is 0.203. The Hall–Kier alpha value is 0.350. The smallest absolute Gasteiger partial charge is 0.0668 e. The van der Waals surface area contributed by atoms with Crippen LogP contribution < -0.4 is 0 Å². The molecule has 0 amide bonds. The van der Waals surface area contributed by atoms with Gasteiger partial charge in [0.2, 0.25) is 0 Å². The minimum atomic E-state index is -0.610. The lowest BCUT2D eigenvalue weighted by Gasteiger charge is -2.40. The third-order valence-electron chi connectivity index (χ3n) is 3.14. The molecule has 2 unspecified atom stereocenters. The first kappa shape index (κ1) is 11.4. The lowest BCUT2D eigenvalue weighted by atomic mass is 9.73. The summed E-state index contributed by atoms with van der Waals surface area (Å²) in [5.41, 5.74) is -0.610. The van der Waals surface area contributed by atoms with Crippen LogP contribution in [0.5, 0.6) is 0 Å². The van der Waals surface area contributed by atoms with Crippen molar-refractivity contribution in [1.29, 1.82) is 0 Å². The summed E-state index contributed by atoms with van der Waals surface area (Å²) < 4.78 is 5.36. The van der Waals surface area contributed by atoms with Crippen LogP contribution in [0.2, 0.25) is 0 Å². The van der Waals surface area contributed by atoms with Crippen molar-refractivity contribution in [2.24, 2.45) is 11.8 Å². The summed E-state index contributed by atoms with van der Waals surface area (Å²) in [6.45, 7) is 6.01. The van der Waals surface area contributed by atoms with Gasteiger partial charge in [-0.15, -0.1) is 0 Å². The fourth-order valence-corrected chi connectivity index (χ4v) is 2.59. The molecule has 4 atom stereocenters. The Kier molecular flexibility index (Phi) is 3.73. The van der Waals surface area contributed by atoms with Crippen molar-refractivity contribution in [3.63, 3.8) is 0 Å². The first-order valence-electron chi connectivity index (χ1n) is 5.03. The van der Waals surface area contributed by atoms with Gasteiger partial charge in [0.05, 0.1) is 11.7 Å². The topological polar surface area (TPSA) is 29.5 Å². The second kappa shape index (κ2) is 4.25. The standard InChI is InChI=1S/C10H21O2P/c1-7-4-5-8(10(2,3)11)9(6-7)12-13/h7-9,11H,4-6,13H2,1-3H3/t7-,8-,9?/m1/s1. The predicted molar refractivity (Wildman–Crippen MR) is 57.4 cm³/mol. The van der Waals surface area contributed by atoms with Gasteiger partial charge in [0.1, 0.15) is 0 Å². The van der Waals surface area contributed by atoms with E-state index in [0.717, 1.165) is 18.8 Å². The van der Waals surface area contributed by atoms with Crippen molar-refractivity contribution in [3.8, 4) is 0 Å². The molecule has 0 radical (unpaired) electrons. The SMILES string of the molecule is C[C@@H]1CC[C@@H](C(C)(C)O)C(OP)C1. The Bertz CT molecular complexity index is 165. The van der Waals surface area contributed by atoms with Crippen LogP contribution in [-0.2, 0) is 4.52 Å². The van der Waals surface area contributed by atoms with Gasteiger partial charge in [0.15, 0.2) is 0 Å². The Morgan fingerprint density at radius 3 is 2.46 bits per heavy atom. The van der Waals surface area contributed by atoms with E-state index < -0.39 is 5.60 Å². The molecule has 2 nitrogen and oxygen atoms in total. The molecule has 0 aromatic heterocycles. The molecule has 3 heteroatoms. The molecule has 1 N–H and O–H groups in total. The summed E-state index contributed by atoms with van der Waals surface area (Å²) >= 11 is 0. The van der Waals surface area contributed by atoms with E-state index in [1.807, 2.05) is 13.8 Å². The monoisotopic (exact) mass is 204 g/mol. The fourth-order valence-electron chi connectivity index (χ4n) is 2.29. The van der Waals surface area contributed by atoms with Gasteiger partial charge in [-0.05, 0) is 32.6 Å². The van der Waals surface area contributed by atoms with E-state index in [2.05, 4.69) is 16.4 Å². The van der Waals surface area contributed by atoms with E-state index >= 15 is 0 Å². The molecule has 13 heavy (non-hydrogen) atoms. The van der Waals surface area contributed by atoms with Crippen molar-refractivity contribution in [2.45, 2.75) is 51.7 Å². The molecule has 0 aromatic rings. The van der Waals surface area contributed by atoms with Gasteiger partial charge >= 0.3 is 0 Å². The zero-order chi connectivity index (χ0) is 10.1. The highest BCUT2D eigenvalue weighted by molar-refractivity contribution is 7.09. The van der Waals surface area contributed by atoms with Gasteiger partial charge in [-0.3, -0.25) is 0 Å². The molecule has 0 aromatic carbocycles. The van der Waals surface area contributed by atoms with Crippen LogP contribution in [0.25, 0.3) is 0 Å². The van der Waals surface area contributed by atoms with Crippen LogP contribution in [0.3, 0.4) is 0 Å². The van der Waals surface area contributed by atoms with E-state index in [9.17, 15) is 5.11 Å². The average molecular weight is 204 g/mol. The molecular formula is C10H21O2P. The third-order valence-corrected chi connectivity index (χ3v) is 3.49. The van der Waals surface area contributed by atoms with Crippen molar-refractivity contribution in [3.05, 3.63) is 0 Å². The second-order valence-electron chi connectivity index (χ2n) is 4.85. The molecule has 0 saturated heterocycles. The molecule has 1 aliphatic rings. The third kappa shape index (κ3) is 2.90. The predicted octanol–water partition coefficient (Wildman–Crippen LogP) is 2.37. The van der Waals surface area contributed by atoms with E-state index in [0.29, 0.717) is 0 Å². The highest BCUT2D eigenvalue weighted by Gasteiger charge is 2.37. The van der Waals surface area contributed by atoms with Gasteiger partial charge < -0.3 is 9.63 Å². The summed E-state index contributed by atoms with van der Waals surface area (Å²) in [6, 6.07) is 0. The van der Waals surface area contributed by atoms with Gasteiger partial charge in [-0.1, -0.05) is 13.3 Å². The van der Waals surface area contributed by atoms with Crippen molar-refractivity contribution in [2.75, 3.05) is 0 Å². The Morgan fingerprint density at radius 2 is 2.00 bits per heavy atom. The lowest BCUT2D eigenvalue weighted by Crippen LogP contribution is -2.43. The number of rotatable bonds is 2. The first-order chi connectivity index (χ1) is 5.95. The Balaban J connectivity index is 2.63. The summed E-state index contributed by atoms with van der Waals surface area (Å²) in [5.74, 6) is 1.00. The van der Waals surface area contributed by atoms with Gasteiger partial charge in [-0.25, -0.2) is 0 Å². The van der Waals surface area contributed by atoms with Crippen LogP contribution >= 0.6 is 9.47 Å². The number of hydrogen-bond donors (Lipinski definition) is 1. The minimum Gasteiger partial charge on any atom is -0.390 e. The van der Waals surface area contributed by atoms with Crippen LogP contribution in [0, 0.1) is 11.8 Å². The Labute approximate surface area is 83.3 Å². The molecule has 1 rings (SSSR count). The summed E-state index contributed by atoms with van der Waals surface area (Å²) in [7, 11) is 2.33. The van der Waals surface area contributed by atoms with Crippen LogP contribution in [0.15, 0.2) is 0 Å². The zero-order valence-corrected chi connectivity index (χ0v) is 9.94. The molecule has 0 bridgehead atoms. The number of aliphatic hydroxyl groups is 1. The summed E-state index contributed by atoms with van der Waals surface area (Å²) in [4.78, 5) is 0. The van der Waals surface area contributed by atoms with Gasteiger partial charge in [0, 0.05) is 15.4 Å². The van der Waals surface area contributed by atoms with Gasteiger partial charge in [-0.2, -0.15) is 0 Å². The maximum absolute atomic E-state index is 9.94. The summed E-state index contributed by atoms with van der Waals surface area (Å²) in [5, 5.41) is 9.94. The molecule has 0 spiro atoms. The average Bonchev–Trinajstić information content (AvgIpc) is 2.01. The normalized spacial score (nSPS) is 36.2. The highest BCUT2D eigenvalue weighted by atomic mass is 31.0. The second-order valence-corrected chi connectivity index (χ2v) is 5.13. The van der Waals surface area contributed by atoms with E-state index in [1.54, 1.807) is 0 Å². The van der Waals surface area contributed by atoms with Gasteiger partial charge in [0.25, 0.3) is 0 Å². The van der Waals surface area contributed by atoms with E-state index in [-0.39, 0.29) is 12.0 Å². The first-order valence-corrected chi connectivity index (χ1v) is 5.50. The maximum atomic E-state index is 9.94. The number of hydrogen-bond acceptors (Lipinski definition) is 2. The van der Waals surface area contributed by atoms with Crippen LogP contribution in [0.1, 0.15) is 40.0 Å². The highest BCUT2D eigenvalue weighted by Crippen LogP contribution is 2.37. The molecular weight excluding hydrogens is 183 g/mol. The van der Waals surface area contributed by atoms with Crippen LogP contribution in [-0.4, -0.2) is 16.8 Å². The fraction of sp³-hybridized carbons (Fsp3) is 1.00. The van der Waals surface area contributed by atoms with Crippen LogP contribution in [0.4, 0.5) is 0 Å². The van der Waals surface area contributed by atoms with E-state index in [4.69, 9.17) is 4.52 Å². The van der Waals surface area contributed by atoms with E-state index in [1.165, 1.54) is 6.42 Å². The maximum Gasteiger partial charge on any atom is 0.0668 e. The molecule has 1 saturated carbocycles. The quantitative estimate of drug-likeness (QED) is 0.700. The molecule has 1 aliphatic carbocycles. The molecule has 1 fully saturated rings. The Morgan fingerprint density at radius 1 is 1.38 bits per heavy atom. The largest absolute Gasteiger partial charge is 0.390 e. The summed E-state index contributed by atoms with van der Waals surface area (Å²) in [6.07, 6.45) is 3.55. The molecule has 0 heterocycles. The van der Waals surface area contributed by atoms with Crippen molar-refractivity contribution < 1.29 is 9.63 Å². The van der Waals surface area contributed by atoms with Crippen molar-refractivity contribution in [1.82, 2.24) is 0 Å². The molecule has 78 valence electrons. The lowest BCUT2D eigenvalue weighted by molar-refractivity contribution is -0.0585. The zero-order valence-electron chi connectivity index (χ0n) is 8.79. The van der Waals surface area contributed by atoms with Crippen molar-refractivity contribution >= 4 is 9.47 Å². The molecule has 0 aliphatic heterocycles.